The standard InChI is InChI=1S/C20H28N4/c1-3-22-11-13-24(14-12-22)20-17-7-6-8-18(23-9-4-5-10-23)19(17)16(2)15-21-20/h6-8,15H,3-5,9-14H2,1-2H3. The summed E-state index contributed by atoms with van der Waals surface area (Å²) in [5.41, 5.74) is 2.70. The summed E-state index contributed by atoms with van der Waals surface area (Å²) in [6, 6.07) is 6.76. The highest BCUT2D eigenvalue weighted by Crippen LogP contribution is 2.35. The normalized spacial score (nSPS) is 19.4. The molecule has 128 valence electrons. The SMILES string of the molecule is CCN1CCN(c2ncc(C)c3c(N4CCCC4)cccc23)CC1. The van der Waals surface area contributed by atoms with Gasteiger partial charge in [-0.2, -0.15) is 0 Å². The molecule has 0 amide bonds. The molecular formula is C20H28N4. The van der Waals surface area contributed by atoms with Crippen LogP contribution in [0.25, 0.3) is 10.8 Å². The molecule has 4 rings (SSSR count). The molecule has 4 heteroatoms. The smallest absolute Gasteiger partial charge is 0.136 e. The molecule has 2 aliphatic rings. The minimum Gasteiger partial charge on any atom is -0.371 e. The topological polar surface area (TPSA) is 22.6 Å². The molecule has 2 fully saturated rings. The fourth-order valence-corrected chi connectivity index (χ4v) is 4.18. The summed E-state index contributed by atoms with van der Waals surface area (Å²) in [6.07, 6.45) is 4.70. The van der Waals surface area contributed by atoms with E-state index in [1.807, 2.05) is 0 Å². The van der Waals surface area contributed by atoms with Crippen molar-refractivity contribution in [2.24, 2.45) is 0 Å². The second-order valence-electron chi connectivity index (χ2n) is 7.08. The number of hydrogen-bond donors (Lipinski definition) is 0. The lowest BCUT2D eigenvalue weighted by molar-refractivity contribution is 0.271. The van der Waals surface area contributed by atoms with Crippen molar-refractivity contribution in [2.75, 3.05) is 55.6 Å². The van der Waals surface area contributed by atoms with Crippen LogP contribution in [0.4, 0.5) is 11.5 Å². The number of aromatic nitrogens is 1. The van der Waals surface area contributed by atoms with Crippen molar-refractivity contribution in [3.8, 4) is 0 Å². The molecule has 0 N–H and O–H groups in total. The monoisotopic (exact) mass is 324 g/mol. The molecule has 3 heterocycles. The molecule has 2 saturated heterocycles. The van der Waals surface area contributed by atoms with Gasteiger partial charge in [0.2, 0.25) is 0 Å². The van der Waals surface area contributed by atoms with Gasteiger partial charge in [0.15, 0.2) is 0 Å². The summed E-state index contributed by atoms with van der Waals surface area (Å²) in [4.78, 5) is 12.4. The number of piperazine rings is 1. The number of hydrogen-bond acceptors (Lipinski definition) is 4. The van der Waals surface area contributed by atoms with Crippen LogP contribution in [0.15, 0.2) is 24.4 Å². The summed E-state index contributed by atoms with van der Waals surface area (Å²) in [5, 5.41) is 2.73. The van der Waals surface area contributed by atoms with Gasteiger partial charge in [0.1, 0.15) is 5.82 Å². The van der Waals surface area contributed by atoms with Gasteiger partial charge in [-0.15, -0.1) is 0 Å². The van der Waals surface area contributed by atoms with Gasteiger partial charge >= 0.3 is 0 Å². The molecule has 0 unspecified atom stereocenters. The number of likely N-dealkylation sites (N-methyl/N-ethyl adjacent to an activating group) is 1. The van der Waals surface area contributed by atoms with Crippen LogP contribution in [-0.2, 0) is 0 Å². The molecule has 0 radical (unpaired) electrons. The van der Waals surface area contributed by atoms with E-state index in [1.165, 1.54) is 53.8 Å². The van der Waals surface area contributed by atoms with Crippen LogP contribution < -0.4 is 9.80 Å². The van der Waals surface area contributed by atoms with E-state index in [0.29, 0.717) is 0 Å². The van der Waals surface area contributed by atoms with Gasteiger partial charge in [0.25, 0.3) is 0 Å². The molecule has 0 aliphatic carbocycles. The maximum absolute atomic E-state index is 4.84. The molecular weight excluding hydrogens is 296 g/mol. The van der Waals surface area contributed by atoms with Crippen LogP contribution in [0.1, 0.15) is 25.3 Å². The third-order valence-electron chi connectivity index (χ3n) is 5.62. The Bertz CT molecular complexity index is 713. The largest absolute Gasteiger partial charge is 0.371 e. The number of anilines is 2. The zero-order valence-corrected chi connectivity index (χ0v) is 15.0. The van der Waals surface area contributed by atoms with Crippen LogP contribution in [0.2, 0.25) is 0 Å². The average Bonchev–Trinajstić information content (AvgIpc) is 3.16. The lowest BCUT2D eigenvalue weighted by Gasteiger charge is -2.35. The highest BCUT2D eigenvalue weighted by atomic mass is 15.3. The third-order valence-corrected chi connectivity index (χ3v) is 5.62. The van der Waals surface area contributed by atoms with Crippen molar-refractivity contribution < 1.29 is 0 Å². The van der Waals surface area contributed by atoms with Gasteiger partial charge < -0.3 is 14.7 Å². The quantitative estimate of drug-likeness (QED) is 0.864. The Balaban J connectivity index is 1.75. The Kier molecular flexibility index (Phi) is 4.31. The molecule has 2 aliphatic heterocycles. The summed E-state index contributed by atoms with van der Waals surface area (Å²) in [5.74, 6) is 1.17. The molecule has 4 nitrogen and oxygen atoms in total. The van der Waals surface area contributed by atoms with E-state index in [1.54, 1.807) is 0 Å². The second kappa shape index (κ2) is 6.60. The molecule has 24 heavy (non-hydrogen) atoms. The van der Waals surface area contributed by atoms with Gasteiger partial charge in [0, 0.05) is 61.9 Å². The molecule has 2 aromatic rings. The molecule has 0 spiro atoms. The summed E-state index contributed by atoms with van der Waals surface area (Å²) in [6.45, 7) is 12.4. The number of fused-ring (bicyclic) bond motifs is 1. The zero-order valence-electron chi connectivity index (χ0n) is 15.0. The lowest BCUT2D eigenvalue weighted by Crippen LogP contribution is -2.46. The third kappa shape index (κ3) is 2.73. The second-order valence-corrected chi connectivity index (χ2v) is 7.08. The highest BCUT2D eigenvalue weighted by molar-refractivity contribution is 6.02. The number of nitrogens with zero attached hydrogens (tertiary/aromatic N) is 4. The van der Waals surface area contributed by atoms with Crippen LogP contribution in [0, 0.1) is 6.92 Å². The maximum atomic E-state index is 4.84. The minimum absolute atomic E-state index is 1.08. The highest BCUT2D eigenvalue weighted by Gasteiger charge is 2.21. The fraction of sp³-hybridized carbons (Fsp3) is 0.550. The molecule has 1 aromatic carbocycles. The molecule has 0 saturated carbocycles. The average molecular weight is 324 g/mol. The van der Waals surface area contributed by atoms with Gasteiger partial charge in [-0.1, -0.05) is 19.1 Å². The minimum atomic E-state index is 1.08. The van der Waals surface area contributed by atoms with Crippen LogP contribution >= 0.6 is 0 Å². The Labute approximate surface area is 145 Å². The first kappa shape index (κ1) is 15.7. The fourth-order valence-electron chi connectivity index (χ4n) is 4.18. The van der Waals surface area contributed by atoms with Gasteiger partial charge in [-0.25, -0.2) is 4.98 Å². The van der Waals surface area contributed by atoms with Crippen molar-refractivity contribution in [3.63, 3.8) is 0 Å². The Hall–Kier alpha value is -1.81. The Morgan fingerprint density at radius 2 is 1.71 bits per heavy atom. The summed E-state index contributed by atoms with van der Waals surface area (Å²) >= 11 is 0. The van der Waals surface area contributed by atoms with E-state index in [-0.39, 0.29) is 0 Å². The maximum Gasteiger partial charge on any atom is 0.136 e. The predicted molar refractivity (Wildman–Crippen MR) is 102 cm³/mol. The number of rotatable bonds is 3. The van der Waals surface area contributed by atoms with E-state index >= 15 is 0 Å². The van der Waals surface area contributed by atoms with E-state index in [0.717, 1.165) is 32.7 Å². The number of aryl methyl sites for hydroxylation is 1. The van der Waals surface area contributed by atoms with E-state index in [4.69, 9.17) is 4.98 Å². The van der Waals surface area contributed by atoms with Gasteiger partial charge in [0.05, 0.1) is 0 Å². The number of pyridine rings is 1. The van der Waals surface area contributed by atoms with Gasteiger partial charge in [-0.3, -0.25) is 0 Å². The molecule has 0 atom stereocenters. The Morgan fingerprint density at radius 3 is 2.42 bits per heavy atom. The lowest BCUT2D eigenvalue weighted by atomic mass is 10.0. The Morgan fingerprint density at radius 1 is 0.958 bits per heavy atom. The van der Waals surface area contributed by atoms with Crippen molar-refractivity contribution in [1.29, 1.82) is 0 Å². The van der Waals surface area contributed by atoms with Gasteiger partial charge in [-0.05, 0) is 37.9 Å². The van der Waals surface area contributed by atoms with Crippen LogP contribution in [0.5, 0.6) is 0 Å². The van der Waals surface area contributed by atoms with E-state index in [9.17, 15) is 0 Å². The van der Waals surface area contributed by atoms with Crippen LogP contribution in [0.3, 0.4) is 0 Å². The summed E-state index contributed by atoms with van der Waals surface area (Å²) < 4.78 is 0. The van der Waals surface area contributed by atoms with E-state index < -0.39 is 0 Å². The van der Waals surface area contributed by atoms with Crippen molar-refractivity contribution in [1.82, 2.24) is 9.88 Å². The zero-order chi connectivity index (χ0) is 16.5. The number of benzene rings is 1. The van der Waals surface area contributed by atoms with Crippen molar-refractivity contribution in [2.45, 2.75) is 26.7 Å². The van der Waals surface area contributed by atoms with Crippen molar-refractivity contribution >= 4 is 22.3 Å². The van der Waals surface area contributed by atoms with E-state index in [2.05, 4.69) is 52.9 Å². The first-order chi connectivity index (χ1) is 11.8. The summed E-state index contributed by atoms with van der Waals surface area (Å²) in [7, 11) is 0. The molecule has 1 aromatic heterocycles. The molecule has 0 bridgehead atoms. The van der Waals surface area contributed by atoms with Crippen molar-refractivity contribution in [3.05, 3.63) is 30.0 Å². The predicted octanol–water partition coefficient (Wildman–Crippen LogP) is 3.29. The first-order valence-corrected chi connectivity index (χ1v) is 9.38. The first-order valence-electron chi connectivity index (χ1n) is 9.38. The van der Waals surface area contributed by atoms with Crippen LogP contribution in [-0.4, -0.2) is 55.7 Å².